The first kappa shape index (κ1) is 13.4. The van der Waals surface area contributed by atoms with E-state index in [1.807, 2.05) is 13.0 Å². The van der Waals surface area contributed by atoms with E-state index >= 15 is 0 Å². The Bertz CT molecular complexity index is 482. The fraction of sp³-hybridized carbons (Fsp3) is 0.429. The summed E-state index contributed by atoms with van der Waals surface area (Å²) < 4.78 is 16.2. The number of carbonyl (C=O) groups excluding carboxylic acids is 2. The highest BCUT2D eigenvalue weighted by Gasteiger charge is 2.29. The van der Waals surface area contributed by atoms with Crippen LogP contribution in [0.5, 0.6) is 11.5 Å². The number of cyclic esters (lactones) is 1. The monoisotopic (exact) mass is 264 g/mol. The third-order valence-corrected chi connectivity index (χ3v) is 2.77. The Labute approximate surface area is 111 Å². The fourth-order valence-electron chi connectivity index (χ4n) is 1.75. The zero-order valence-electron chi connectivity index (χ0n) is 10.9. The van der Waals surface area contributed by atoms with Crippen LogP contribution in [0.1, 0.15) is 20.3 Å². The van der Waals surface area contributed by atoms with Gasteiger partial charge in [0.05, 0.1) is 12.7 Å². The molecule has 5 heteroatoms. The summed E-state index contributed by atoms with van der Waals surface area (Å²) in [5.74, 6) is -0.158. The molecule has 0 fully saturated rings. The van der Waals surface area contributed by atoms with E-state index in [0.29, 0.717) is 17.9 Å². The van der Waals surface area contributed by atoms with Crippen molar-refractivity contribution in [2.24, 2.45) is 0 Å². The smallest absolute Gasteiger partial charge is 0.355 e. The summed E-state index contributed by atoms with van der Waals surface area (Å²) in [6.45, 7) is 3.38. The summed E-state index contributed by atoms with van der Waals surface area (Å²) in [4.78, 5) is 23.3. The van der Waals surface area contributed by atoms with Crippen molar-refractivity contribution < 1.29 is 23.8 Å². The Morgan fingerprint density at radius 1 is 1.21 bits per heavy atom. The van der Waals surface area contributed by atoms with Crippen molar-refractivity contribution in [3.63, 3.8) is 0 Å². The molecule has 5 nitrogen and oxygen atoms in total. The minimum Gasteiger partial charge on any atom is -0.487 e. The lowest BCUT2D eigenvalue weighted by atomic mass is 10.2. The van der Waals surface area contributed by atoms with Gasteiger partial charge < -0.3 is 14.2 Å². The molecule has 0 spiro atoms. The van der Waals surface area contributed by atoms with E-state index in [4.69, 9.17) is 14.2 Å². The number of hydrogen-bond acceptors (Lipinski definition) is 5. The summed E-state index contributed by atoms with van der Waals surface area (Å²) in [7, 11) is 0. The molecule has 1 aromatic rings. The predicted molar refractivity (Wildman–Crippen MR) is 67.2 cm³/mol. The molecular formula is C14H16O5. The Hall–Kier alpha value is -2.04. The zero-order chi connectivity index (χ0) is 13.8. The maximum absolute atomic E-state index is 11.8. The summed E-state index contributed by atoms with van der Waals surface area (Å²) in [5.41, 5.74) is 0. The number of esters is 1. The molecular weight excluding hydrogens is 248 g/mol. The van der Waals surface area contributed by atoms with Gasteiger partial charge in [0, 0.05) is 6.42 Å². The van der Waals surface area contributed by atoms with Gasteiger partial charge in [-0.2, -0.15) is 0 Å². The minimum atomic E-state index is -1.24. The third kappa shape index (κ3) is 3.24. The SMILES string of the molecule is CC(=O)C1Oc2ccccc2O[C@@H](C)CCOC1=O. The third-order valence-electron chi connectivity index (χ3n) is 2.77. The van der Waals surface area contributed by atoms with Gasteiger partial charge >= 0.3 is 5.97 Å². The van der Waals surface area contributed by atoms with Crippen LogP contribution < -0.4 is 9.47 Å². The molecule has 1 aromatic carbocycles. The largest absolute Gasteiger partial charge is 0.487 e. The molecule has 0 bridgehead atoms. The van der Waals surface area contributed by atoms with Gasteiger partial charge in [0.25, 0.3) is 6.10 Å². The van der Waals surface area contributed by atoms with E-state index in [-0.39, 0.29) is 12.7 Å². The molecule has 1 heterocycles. The van der Waals surface area contributed by atoms with Crippen molar-refractivity contribution in [1.82, 2.24) is 0 Å². The molecule has 2 atom stereocenters. The number of para-hydroxylation sites is 2. The molecule has 0 radical (unpaired) electrons. The Kier molecular flexibility index (Phi) is 4.04. The molecule has 102 valence electrons. The second-order valence-electron chi connectivity index (χ2n) is 4.44. The average Bonchev–Trinajstić information content (AvgIpc) is 2.36. The highest BCUT2D eigenvalue weighted by atomic mass is 16.6. The van der Waals surface area contributed by atoms with Crippen molar-refractivity contribution in [2.45, 2.75) is 32.5 Å². The number of Topliss-reactive ketones (excluding diaryl/α,β-unsaturated/α-hetero) is 1. The fourth-order valence-corrected chi connectivity index (χ4v) is 1.75. The van der Waals surface area contributed by atoms with Gasteiger partial charge in [-0.15, -0.1) is 0 Å². The molecule has 0 aliphatic carbocycles. The van der Waals surface area contributed by atoms with Crippen molar-refractivity contribution in [2.75, 3.05) is 6.61 Å². The van der Waals surface area contributed by atoms with Crippen LogP contribution in [0.4, 0.5) is 0 Å². The maximum atomic E-state index is 11.8. The lowest BCUT2D eigenvalue weighted by Gasteiger charge is -2.22. The zero-order valence-corrected chi connectivity index (χ0v) is 10.9. The van der Waals surface area contributed by atoms with Gasteiger partial charge in [0.1, 0.15) is 0 Å². The Balaban J connectivity index is 2.33. The van der Waals surface area contributed by atoms with E-state index in [2.05, 4.69) is 0 Å². The molecule has 19 heavy (non-hydrogen) atoms. The standard InChI is InChI=1S/C14H16O5/c1-9-7-8-17-14(16)13(10(2)15)19-12-6-4-3-5-11(12)18-9/h3-6,9,13H,7-8H2,1-2H3/t9-,13?/m0/s1. The minimum absolute atomic E-state index is 0.105. The van der Waals surface area contributed by atoms with Crippen LogP contribution in [0.15, 0.2) is 24.3 Å². The van der Waals surface area contributed by atoms with Crippen LogP contribution >= 0.6 is 0 Å². The molecule has 1 aliphatic rings. The van der Waals surface area contributed by atoms with Gasteiger partial charge in [-0.1, -0.05) is 12.1 Å². The molecule has 1 aliphatic heterocycles. The number of benzene rings is 1. The van der Waals surface area contributed by atoms with Gasteiger partial charge in [-0.25, -0.2) is 4.79 Å². The average molecular weight is 264 g/mol. The second-order valence-corrected chi connectivity index (χ2v) is 4.44. The van der Waals surface area contributed by atoms with Crippen LogP contribution in [0.3, 0.4) is 0 Å². The first-order valence-electron chi connectivity index (χ1n) is 6.17. The van der Waals surface area contributed by atoms with E-state index in [1.54, 1.807) is 18.2 Å². The van der Waals surface area contributed by atoms with Crippen LogP contribution in [0, 0.1) is 0 Å². The summed E-state index contributed by atoms with van der Waals surface area (Å²) >= 11 is 0. The summed E-state index contributed by atoms with van der Waals surface area (Å²) in [5, 5.41) is 0. The van der Waals surface area contributed by atoms with E-state index in [9.17, 15) is 9.59 Å². The Morgan fingerprint density at radius 3 is 2.47 bits per heavy atom. The molecule has 0 saturated heterocycles. The first-order chi connectivity index (χ1) is 9.08. The van der Waals surface area contributed by atoms with Crippen molar-refractivity contribution in [3.8, 4) is 11.5 Å². The number of fused-ring (bicyclic) bond motifs is 1. The normalized spacial score (nSPS) is 23.4. The van der Waals surface area contributed by atoms with Crippen molar-refractivity contribution in [1.29, 1.82) is 0 Å². The topological polar surface area (TPSA) is 61.8 Å². The van der Waals surface area contributed by atoms with Gasteiger partial charge in [0.15, 0.2) is 17.3 Å². The van der Waals surface area contributed by atoms with Crippen LogP contribution in [-0.2, 0) is 14.3 Å². The molecule has 0 amide bonds. The van der Waals surface area contributed by atoms with Crippen LogP contribution in [0.25, 0.3) is 0 Å². The molecule has 0 saturated carbocycles. The lowest BCUT2D eigenvalue weighted by Crippen LogP contribution is -2.37. The van der Waals surface area contributed by atoms with Gasteiger partial charge in [0.2, 0.25) is 0 Å². The molecule has 1 unspecified atom stereocenters. The van der Waals surface area contributed by atoms with E-state index < -0.39 is 17.9 Å². The number of ketones is 1. The van der Waals surface area contributed by atoms with Gasteiger partial charge in [-0.3, -0.25) is 4.79 Å². The quantitative estimate of drug-likeness (QED) is 0.571. The number of hydrogen-bond donors (Lipinski definition) is 0. The van der Waals surface area contributed by atoms with Crippen molar-refractivity contribution >= 4 is 11.8 Å². The van der Waals surface area contributed by atoms with Gasteiger partial charge in [-0.05, 0) is 26.0 Å². The maximum Gasteiger partial charge on any atom is 0.355 e. The molecule has 0 N–H and O–H groups in total. The molecule has 2 rings (SSSR count). The highest BCUT2D eigenvalue weighted by molar-refractivity contribution is 6.01. The van der Waals surface area contributed by atoms with Crippen LogP contribution in [0.2, 0.25) is 0 Å². The lowest BCUT2D eigenvalue weighted by molar-refractivity contribution is -0.156. The van der Waals surface area contributed by atoms with E-state index in [0.717, 1.165) is 0 Å². The number of rotatable bonds is 1. The second kappa shape index (κ2) is 5.73. The number of ether oxygens (including phenoxy) is 3. The summed E-state index contributed by atoms with van der Waals surface area (Å²) in [6.07, 6.45) is -0.783. The highest BCUT2D eigenvalue weighted by Crippen LogP contribution is 2.29. The van der Waals surface area contributed by atoms with Crippen LogP contribution in [-0.4, -0.2) is 30.6 Å². The first-order valence-corrected chi connectivity index (χ1v) is 6.17. The van der Waals surface area contributed by atoms with E-state index in [1.165, 1.54) is 6.92 Å². The predicted octanol–water partition coefficient (Wildman–Crippen LogP) is 1.74. The number of carbonyl (C=O) groups is 2. The molecule has 0 aromatic heterocycles. The van der Waals surface area contributed by atoms with Crippen molar-refractivity contribution in [3.05, 3.63) is 24.3 Å². The summed E-state index contributed by atoms with van der Waals surface area (Å²) in [6, 6.07) is 6.96. The Morgan fingerprint density at radius 2 is 1.84 bits per heavy atom.